The van der Waals surface area contributed by atoms with E-state index in [4.69, 9.17) is 9.57 Å². The summed E-state index contributed by atoms with van der Waals surface area (Å²) >= 11 is 0. The predicted octanol–water partition coefficient (Wildman–Crippen LogP) is 4.75. The Morgan fingerprint density at radius 2 is 1.92 bits per heavy atom. The molecule has 4 aliphatic carbocycles. The Labute approximate surface area is 227 Å². The summed E-state index contributed by atoms with van der Waals surface area (Å²) in [5.74, 6) is 0.114. The maximum absolute atomic E-state index is 13.6. The van der Waals surface area contributed by atoms with Crippen molar-refractivity contribution in [1.29, 1.82) is 0 Å². The fourth-order valence-electron chi connectivity index (χ4n) is 9.34. The molecule has 5 aliphatic rings. The highest BCUT2D eigenvalue weighted by molar-refractivity contribution is 6.09. The van der Waals surface area contributed by atoms with Gasteiger partial charge < -0.3 is 14.7 Å². The van der Waals surface area contributed by atoms with Gasteiger partial charge in [-0.05, 0) is 73.8 Å². The van der Waals surface area contributed by atoms with E-state index in [1.165, 1.54) is 24.6 Å². The second-order valence-electron chi connectivity index (χ2n) is 12.7. The topological polar surface area (TPSA) is 128 Å². The fraction of sp³-hybridized carbons (Fsp3) is 0.633. The molecule has 0 unspecified atom stereocenters. The molecular weight excluding hydrogens is 500 g/mol. The standard InChI is InChI=1S/C30H36N2O7/c1-17(34)38-21-10-12-28(2)19(14-21)6-9-22-23(28)11-13-29(3)24(22)15-25-27(31-39-30(25,29)26(35)16-33)18-4-7-20(8-5-18)32(36)37/h4-8,21-25,33H,9-16H2,1-3H3/t21-,22+,23-,24-,25-,28-,29-,30-/m0/s1. The zero-order valence-corrected chi connectivity index (χ0v) is 22.7. The van der Waals surface area contributed by atoms with Crippen molar-refractivity contribution in [3.63, 3.8) is 0 Å². The van der Waals surface area contributed by atoms with Crippen molar-refractivity contribution in [2.75, 3.05) is 6.61 Å². The molecule has 3 fully saturated rings. The lowest BCUT2D eigenvalue weighted by atomic mass is 9.46. The monoisotopic (exact) mass is 536 g/mol. The van der Waals surface area contributed by atoms with Crippen LogP contribution in [0.15, 0.2) is 41.1 Å². The molecule has 6 rings (SSSR count). The van der Waals surface area contributed by atoms with Crippen LogP contribution in [0, 0.1) is 44.6 Å². The number of aliphatic hydroxyl groups is 1. The Morgan fingerprint density at radius 1 is 1.18 bits per heavy atom. The lowest BCUT2D eigenvalue weighted by Gasteiger charge is -2.58. The number of Topliss-reactive ketones (excluding diaryl/α,β-unsaturated/α-hetero) is 1. The van der Waals surface area contributed by atoms with Gasteiger partial charge in [0.2, 0.25) is 11.4 Å². The fourth-order valence-corrected chi connectivity index (χ4v) is 9.34. The number of hydrogen-bond donors (Lipinski definition) is 1. The van der Waals surface area contributed by atoms with E-state index in [0.29, 0.717) is 29.5 Å². The van der Waals surface area contributed by atoms with Crippen molar-refractivity contribution < 1.29 is 29.2 Å². The molecule has 0 spiro atoms. The number of hydrogen-bond acceptors (Lipinski definition) is 8. The quantitative estimate of drug-likeness (QED) is 0.249. The van der Waals surface area contributed by atoms with E-state index in [9.17, 15) is 24.8 Å². The van der Waals surface area contributed by atoms with Gasteiger partial charge in [-0.2, -0.15) is 0 Å². The van der Waals surface area contributed by atoms with Crippen LogP contribution in [0.3, 0.4) is 0 Å². The number of carbonyl (C=O) groups is 2. The van der Waals surface area contributed by atoms with Crippen LogP contribution < -0.4 is 0 Å². The van der Waals surface area contributed by atoms with Crippen LogP contribution in [0.25, 0.3) is 0 Å². The first kappa shape index (κ1) is 26.2. The van der Waals surface area contributed by atoms with E-state index in [-0.39, 0.29) is 40.8 Å². The molecule has 9 nitrogen and oxygen atoms in total. The minimum absolute atomic E-state index is 0.00711. The van der Waals surface area contributed by atoms with Crippen LogP contribution in [0.2, 0.25) is 0 Å². The Hall–Kier alpha value is -3.07. The van der Waals surface area contributed by atoms with Gasteiger partial charge in [0.25, 0.3) is 5.69 Å². The minimum atomic E-state index is -1.24. The van der Waals surface area contributed by atoms with Crippen LogP contribution in [-0.4, -0.2) is 45.8 Å². The van der Waals surface area contributed by atoms with Crippen molar-refractivity contribution in [2.24, 2.45) is 39.7 Å². The molecule has 1 aromatic carbocycles. The number of rotatable bonds is 5. The van der Waals surface area contributed by atoms with Gasteiger partial charge in [0, 0.05) is 36.5 Å². The van der Waals surface area contributed by atoms with E-state index < -0.39 is 22.5 Å². The highest BCUT2D eigenvalue weighted by Gasteiger charge is 2.74. The lowest BCUT2D eigenvalue weighted by Crippen LogP contribution is -2.60. The molecule has 208 valence electrons. The van der Waals surface area contributed by atoms with Gasteiger partial charge in [-0.15, -0.1) is 0 Å². The summed E-state index contributed by atoms with van der Waals surface area (Å²) < 4.78 is 5.58. The number of ether oxygens (including phenoxy) is 1. The summed E-state index contributed by atoms with van der Waals surface area (Å²) in [6, 6.07) is 6.24. The first-order chi connectivity index (χ1) is 18.5. The maximum atomic E-state index is 13.6. The number of benzene rings is 1. The Balaban J connectivity index is 1.34. The number of nitro benzene ring substituents is 1. The number of oxime groups is 1. The lowest BCUT2D eigenvalue weighted by molar-refractivity contribution is -0.384. The van der Waals surface area contributed by atoms with Gasteiger partial charge in [0.05, 0.1) is 16.6 Å². The van der Waals surface area contributed by atoms with Gasteiger partial charge in [0.1, 0.15) is 12.7 Å². The number of non-ortho nitro benzene ring substituents is 1. The summed E-state index contributed by atoms with van der Waals surface area (Å²) in [6.07, 6.45) is 8.29. The molecule has 8 atom stereocenters. The van der Waals surface area contributed by atoms with Crippen molar-refractivity contribution in [1.82, 2.24) is 0 Å². The molecule has 0 saturated heterocycles. The summed E-state index contributed by atoms with van der Waals surface area (Å²) in [5, 5.41) is 25.7. The number of nitro groups is 1. The molecule has 0 amide bonds. The molecule has 9 heteroatoms. The Bertz CT molecular complexity index is 1290. The normalized spacial score (nSPS) is 40.2. The molecule has 0 bridgehead atoms. The van der Waals surface area contributed by atoms with Crippen LogP contribution in [0.4, 0.5) is 5.69 Å². The molecule has 39 heavy (non-hydrogen) atoms. The first-order valence-electron chi connectivity index (χ1n) is 14.1. The van der Waals surface area contributed by atoms with Crippen LogP contribution in [0.5, 0.6) is 0 Å². The van der Waals surface area contributed by atoms with Crippen LogP contribution in [0.1, 0.15) is 71.3 Å². The third-order valence-electron chi connectivity index (χ3n) is 11.2. The van der Waals surface area contributed by atoms with E-state index in [1.54, 1.807) is 12.1 Å². The van der Waals surface area contributed by atoms with E-state index >= 15 is 0 Å². The third-order valence-corrected chi connectivity index (χ3v) is 11.2. The number of ketones is 1. The molecule has 1 aromatic rings. The highest BCUT2D eigenvalue weighted by Crippen LogP contribution is 2.70. The average Bonchev–Trinajstić information content (AvgIpc) is 3.42. The zero-order chi connectivity index (χ0) is 27.7. The number of esters is 1. The summed E-state index contributed by atoms with van der Waals surface area (Å²) in [7, 11) is 0. The van der Waals surface area contributed by atoms with Gasteiger partial charge >= 0.3 is 5.97 Å². The molecule has 1 heterocycles. The van der Waals surface area contributed by atoms with Crippen LogP contribution in [-0.2, 0) is 19.2 Å². The first-order valence-corrected chi connectivity index (χ1v) is 14.1. The number of allylic oxidation sites excluding steroid dienone is 1. The summed E-state index contributed by atoms with van der Waals surface area (Å²) in [4.78, 5) is 42.1. The number of carbonyl (C=O) groups excluding carboxylic acids is 2. The molecular formula is C30H36N2O7. The highest BCUT2D eigenvalue weighted by atomic mass is 16.7. The van der Waals surface area contributed by atoms with Gasteiger partial charge in [-0.3, -0.25) is 19.7 Å². The Kier molecular flexibility index (Phi) is 6.02. The second-order valence-corrected chi connectivity index (χ2v) is 12.7. The number of nitrogens with zero attached hydrogens (tertiary/aromatic N) is 2. The van der Waals surface area contributed by atoms with E-state index in [0.717, 1.165) is 38.5 Å². The van der Waals surface area contributed by atoms with Crippen molar-refractivity contribution in [3.05, 3.63) is 51.6 Å². The minimum Gasteiger partial charge on any atom is -0.462 e. The zero-order valence-electron chi connectivity index (χ0n) is 22.7. The third kappa shape index (κ3) is 3.58. The predicted molar refractivity (Wildman–Crippen MR) is 142 cm³/mol. The van der Waals surface area contributed by atoms with E-state index in [2.05, 4.69) is 25.1 Å². The Morgan fingerprint density at radius 3 is 2.59 bits per heavy atom. The average molecular weight is 537 g/mol. The second kappa shape index (κ2) is 8.98. The van der Waals surface area contributed by atoms with Crippen molar-refractivity contribution >= 4 is 23.2 Å². The van der Waals surface area contributed by atoms with Gasteiger partial charge in [-0.1, -0.05) is 30.7 Å². The molecule has 1 N–H and O–H groups in total. The summed E-state index contributed by atoms with van der Waals surface area (Å²) in [6.45, 7) is 5.37. The smallest absolute Gasteiger partial charge is 0.302 e. The molecule has 0 aromatic heterocycles. The van der Waals surface area contributed by atoms with E-state index in [1.807, 2.05) is 0 Å². The van der Waals surface area contributed by atoms with Gasteiger partial charge in [0.15, 0.2) is 0 Å². The van der Waals surface area contributed by atoms with Crippen LogP contribution >= 0.6 is 0 Å². The number of fused-ring (bicyclic) bond motifs is 7. The van der Waals surface area contributed by atoms with Gasteiger partial charge in [-0.25, -0.2) is 0 Å². The SMILES string of the molecule is CC(=O)O[C@H]1CC[C@@]2(C)C(=CC[C@@H]3[C@@H]2CC[C@@]2(C)[C@H]3C[C@H]3C(c4ccc([N+](=O)[O-])cc4)=NO[C@]32C(=O)CO)C1. The number of aliphatic hydroxyl groups excluding tert-OH is 1. The molecule has 1 aliphatic heterocycles. The molecule has 0 radical (unpaired) electrons. The largest absolute Gasteiger partial charge is 0.462 e. The van der Waals surface area contributed by atoms with Crippen molar-refractivity contribution in [3.8, 4) is 0 Å². The maximum Gasteiger partial charge on any atom is 0.302 e. The summed E-state index contributed by atoms with van der Waals surface area (Å²) in [5.41, 5.74) is 1.02. The molecule has 3 saturated carbocycles. The van der Waals surface area contributed by atoms with Crippen molar-refractivity contribution in [2.45, 2.75) is 77.4 Å².